The summed E-state index contributed by atoms with van der Waals surface area (Å²) in [6.45, 7) is 4.54. The standard InChI is InChI=1S/C15H17N5OS3/c1-9-17-12-8-11(4-5-13(12)23-9)18-14(21)16-6-3-7-22-15-20-19-10(2)24-15/h4-5,8H,3,6-7H2,1-2H3,(H2,16,18,21). The van der Waals surface area contributed by atoms with Crippen LogP contribution in [0.15, 0.2) is 22.5 Å². The highest BCUT2D eigenvalue weighted by Gasteiger charge is 2.05. The zero-order chi connectivity index (χ0) is 16.9. The van der Waals surface area contributed by atoms with Crippen LogP contribution in [0.4, 0.5) is 10.5 Å². The molecule has 0 unspecified atom stereocenters. The second-order valence-electron chi connectivity index (χ2n) is 5.09. The van der Waals surface area contributed by atoms with Crippen LogP contribution in [0.25, 0.3) is 10.2 Å². The third-order valence-corrected chi connectivity index (χ3v) is 6.10. The van der Waals surface area contributed by atoms with E-state index in [1.807, 2.05) is 32.0 Å². The molecular weight excluding hydrogens is 362 g/mol. The van der Waals surface area contributed by atoms with E-state index in [0.29, 0.717) is 6.54 Å². The van der Waals surface area contributed by atoms with Crippen molar-refractivity contribution in [2.24, 2.45) is 0 Å². The van der Waals surface area contributed by atoms with Gasteiger partial charge in [0.2, 0.25) is 0 Å². The molecule has 0 bridgehead atoms. The van der Waals surface area contributed by atoms with Crippen LogP contribution >= 0.6 is 34.4 Å². The number of hydrogen-bond donors (Lipinski definition) is 2. The zero-order valence-corrected chi connectivity index (χ0v) is 15.8. The number of nitrogens with zero attached hydrogens (tertiary/aromatic N) is 3. The molecule has 2 N–H and O–H groups in total. The maximum Gasteiger partial charge on any atom is 0.319 e. The van der Waals surface area contributed by atoms with Gasteiger partial charge in [-0.05, 0) is 38.5 Å². The fourth-order valence-corrected chi connectivity index (χ4v) is 4.70. The van der Waals surface area contributed by atoms with E-state index in [9.17, 15) is 4.79 Å². The molecule has 0 aliphatic heterocycles. The Morgan fingerprint density at radius 3 is 2.88 bits per heavy atom. The van der Waals surface area contributed by atoms with Crippen molar-refractivity contribution in [2.45, 2.75) is 24.6 Å². The van der Waals surface area contributed by atoms with Gasteiger partial charge in [0.05, 0.1) is 15.2 Å². The predicted molar refractivity (Wildman–Crippen MR) is 101 cm³/mol. The molecule has 0 saturated carbocycles. The van der Waals surface area contributed by atoms with Crippen molar-refractivity contribution in [3.8, 4) is 0 Å². The molecule has 0 fully saturated rings. The van der Waals surface area contributed by atoms with Crippen LogP contribution < -0.4 is 10.6 Å². The summed E-state index contributed by atoms with van der Waals surface area (Å²) in [6.07, 6.45) is 0.876. The molecule has 3 rings (SSSR count). The minimum Gasteiger partial charge on any atom is -0.338 e. The van der Waals surface area contributed by atoms with Crippen LogP contribution in [0.3, 0.4) is 0 Å². The SMILES string of the molecule is Cc1nnc(SCCCNC(=O)Nc2ccc3sc(C)nc3c2)s1. The highest BCUT2D eigenvalue weighted by Crippen LogP contribution is 2.24. The first-order valence-corrected chi connectivity index (χ1v) is 10.1. The number of amides is 2. The number of carbonyl (C=O) groups excluding carboxylic acids is 1. The number of anilines is 1. The zero-order valence-electron chi connectivity index (χ0n) is 13.3. The fourth-order valence-electron chi connectivity index (χ4n) is 2.07. The number of carbonyl (C=O) groups is 1. The number of hydrogen-bond acceptors (Lipinski definition) is 7. The van der Waals surface area contributed by atoms with E-state index in [-0.39, 0.29) is 6.03 Å². The molecule has 6 nitrogen and oxygen atoms in total. The van der Waals surface area contributed by atoms with Crippen LogP contribution in [0.1, 0.15) is 16.4 Å². The molecule has 0 aliphatic carbocycles. The van der Waals surface area contributed by atoms with E-state index in [4.69, 9.17) is 0 Å². The normalized spacial score (nSPS) is 10.9. The Morgan fingerprint density at radius 2 is 2.08 bits per heavy atom. The van der Waals surface area contributed by atoms with Gasteiger partial charge in [-0.15, -0.1) is 21.5 Å². The minimum absolute atomic E-state index is 0.196. The first kappa shape index (κ1) is 17.1. The third-order valence-electron chi connectivity index (χ3n) is 3.09. The van der Waals surface area contributed by atoms with E-state index < -0.39 is 0 Å². The average molecular weight is 380 g/mol. The molecular formula is C15H17N5OS3. The van der Waals surface area contributed by atoms with Gasteiger partial charge < -0.3 is 10.6 Å². The number of benzene rings is 1. The number of nitrogens with one attached hydrogen (secondary N) is 2. The number of fused-ring (bicyclic) bond motifs is 1. The number of urea groups is 1. The van der Waals surface area contributed by atoms with Gasteiger partial charge in [-0.25, -0.2) is 9.78 Å². The molecule has 0 atom stereocenters. The Hall–Kier alpha value is -1.71. The summed E-state index contributed by atoms with van der Waals surface area (Å²) in [4.78, 5) is 16.4. The van der Waals surface area contributed by atoms with Crippen LogP contribution in [0.5, 0.6) is 0 Å². The summed E-state index contributed by atoms with van der Waals surface area (Å²) in [7, 11) is 0. The average Bonchev–Trinajstić information content (AvgIpc) is 3.11. The summed E-state index contributed by atoms with van der Waals surface area (Å²) < 4.78 is 2.10. The molecule has 3 aromatic rings. The number of rotatable bonds is 6. The van der Waals surface area contributed by atoms with Gasteiger partial charge >= 0.3 is 6.03 Å². The van der Waals surface area contributed by atoms with E-state index in [1.165, 1.54) is 0 Å². The molecule has 2 heterocycles. The Morgan fingerprint density at radius 1 is 1.21 bits per heavy atom. The lowest BCUT2D eigenvalue weighted by Gasteiger charge is -2.07. The minimum atomic E-state index is -0.196. The number of thiazole rings is 1. The second kappa shape index (κ2) is 7.91. The van der Waals surface area contributed by atoms with Gasteiger partial charge in [-0.3, -0.25) is 0 Å². The van der Waals surface area contributed by atoms with Crippen LogP contribution in [-0.4, -0.2) is 33.5 Å². The van der Waals surface area contributed by atoms with E-state index in [1.54, 1.807) is 34.4 Å². The smallest absolute Gasteiger partial charge is 0.319 e. The van der Waals surface area contributed by atoms with Crippen molar-refractivity contribution in [1.82, 2.24) is 20.5 Å². The quantitative estimate of drug-likeness (QED) is 0.498. The van der Waals surface area contributed by atoms with Gasteiger partial charge in [-0.2, -0.15) is 0 Å². The Labute approximate surface area is 152 Å². The van der Waals surface area contributed by atoms with Gasteiger partial charge in [0, 0.05) is 18.0 Å². The summed E-state index contributed by atoms with van der Waals surface area (Å²) >= 11 is 4.91. The van der Waals surface area contributed by atoms with Crippen molar-refractivity contribution in [3.05, 3.63) is 28.2 Å². The summed E-state index contributed by atoms with van der Waals surface area (Å²) in [5.74, 6) is 0.902. The third kappa shape index (κ3) is 4.65. The number of aryl methyl sites for hydroxylation is 2. The van der Waals surface area contributed by atoms with Crippen molar-refractivity contribution in [3.63, 3.8) is 0 Å². The lowest BCUT2D eigenvalue weighted by molar-refractivity contribution is 0.252. The van der Waals surface area contributed by atoms with Crippen LogP contribution in [-0.2, 0) is 0 Å². The molecule has 126 valence electrons. The lowest BCUT2D eigenvalue weighted by atomic mass is 10.3. The molecule has 0 spiro atoms. The fraction of sp³-hybridized carbons (Fsp3) is 0.333. The summed E-state index contributed by atoms with van der Waals surface area (Å²) in [5.41, 5.74) is 1.67. The van der Waals surface area contributed by atoms with Crippen molar-refractivity contribution in [2.75, 3.05) is 17.6 Å². The summed E-state index contributed by atoms with van der Waals surface area (Å²) in [6, 6.07) is 5.58. The Bertz CT molecular complexity index is 845. The lowest BCUT2D eigenvalue weighted by Crippen LogP contribution is -2.29. The van der Waals surface area contributed by atoms with Crippen molar-refractivity contribution in [1.29, 1.82) is 0 Å². The van der Waals surface area contributed by atoms with E-state index in [0.717, 1.165) is 42.4 Å². The maximum absolute atomic E-state index is 11.9. The molecule has 2 aromatic heterocycles. The first-order chi connectivity index (χ1) is 11.6. The van der Waals surface area contributed by atoms with E-state index in [2.05, 4.69) is 25.8 Å². The number of aromatic nitrogens is 3. The molecule has 1 aromatic carbocycles. The molecule has 2 amide bonds. The molecule has 0 radical (unpaired) electrons. The molecule has 24 heavy (non-hydrogen) atoms. The highest BCUT2D eigenvalue weighted by molar-refractivity contribution is 8.01. The van der Waals surface area contributed by atoms with Gasteiger partial charge in [0.1, 0.15) is 5.01 Å². The van der Waals surface area contributed by atoms with Crippen molar-refractivity contribution >= 4 is 56.4 Å². The maximum atomic E-state index is 11.9. The Kier molecular flexibility index (Phi) is 5.64. The van der Waals surface area contributed by atoms with Gasteiger partial charge in [0.25, 0.3) is 0 Å². The first-order valence-electron chi connectivity index (χ1n) is 7.45. The molecule has 0 aliphatic rings. The molecule has 9 heteroatoms. The van der Waals surface area contributed by atoms with Gasteiger partial charge in [0.15, 0.2) is 4.34 Å². The van der Waals surface area contributed by atoms with E-state index >= 15 is 0 Å². The van der Waals surface area contributed by atoms with Crippen molar-refractivity contribution < 1.29 is 4.79 Å². The highest BCUT2D eigenvalue weighted by atomic mass is 32.2. The predicted octanol–water partition coefficient (Wildman–Crippen LogP) is 4.07. The monoisotopic (exact) mass is 379 g/mol. The molecule has 0 saturated heterocycles. The Balaban J connectivity index is 1.40. The largest absolute Gasteiger partial charge is 0.338 e. The summed E-state index contributed by atoms with van der Waals surface area (Å²) in [5, 5.41) is 15.7. The topological polar surface area (TPSA) is 79.8 Å². The number of thioether (sulfide) groups is 1. The second-order valence-corrected chi connectivity index (χ2v) is 8.84. The van der Waals surface area contributed by atoms with Crippen LogP contribution in [0, 0.1) is 13.8 Å². The van der Waals surface area contributed by atoms with Crippen LogP contribution in [0.2, 0.25) is 0 Å². The van der Waals surface area contributed by atoms with Gasteiger partial charge in [-0.1, -0.05) is 23.1 Å².